The first-order valence-electron chi connectivity index (χ1n) is 3.17. The average molecular weight is 98.1 g/mol. The topological polar surface area (TPSA) is 20.2 Å². The molecule has 0 aliphatic heterocycles. The van der Waals surface area contributed by atoms with E-state index in [0.717, 1.165) is 0 Å². The van der Waals surface area contributed by atoms with Crippen LogP contribution in [-0.2, 0) is 0 Å². The van der Waals surface area contributed by atoms with Crippen LogP contribution in [0.1, 0.15) is 9.11 Å². The number of hydrogen-bond donors (Lipinski definition) is 1. The van der Waals surface area contributed by atoms with Gasteiger partial charge in [0.15, 0.2) is 0 Å². The predicted octanol–water partition coefficient (Wildman–Crippen LogP) is 0.863. The van der Waals surface area contributed by atoms with Crippen LogP contribution >= 0.6 is 0 Å². The SMILES string of the molecule is [2H]C1([2H])C=CC=CC1O. The molecule has 7 heavy (non-hydrogen) atoms. The molecule has 1 aliphatic carbocycles. The van der Waals surface area contributed by atoms with Crippen LogP contribution in [0.5, 0.6) is 0 Å². The minimum Gasteiger partial charge on any atom is -0.389 e. The summed E-state index contributed by atoms with van der Waals surface area (Å²) in [6.07, 6.45) is 3.44. The molecule has 0 amide bonds. The summed E-state index contributed by atoms with van der Waals surface area (Å²) < 4.78 is 14.2. The average Bonchev–Trinajstić information content (AvgIpc) is 1.77. The summed E-state index contributed by atoms with van der Waals surface area (Å²) in [6, 6.07) is 0. The van der Waals surface area contributed by atoms with Crippen molar-refractivity contribution in [3.63, 3.8) is 0 Å². The second-order valence-electron chi connectivity index (χ2n) is 1.36. The van der Waals surface area contributed by atoms with E-state index in [9.17, 15) is 0 Å². The van der Waals surface area contributed by atoms with Crippen molar-refractivity contribution < 1.29 is 7.85 Å². The van der Waals surface area contributed by atoms with Gasteiger partial charge in [0.05, 0.1) is 6.10 Å². The van der Waals surface area contributed by atoms with Crippen LogP contribution in [0.2, 0.25) is 0 Å². The third-order valence-electron chi connectivity index (χ3n) is 0.768. The molecule has 0 saturated heterocycles. The molecule has 1 nitrogen and oxygen atoms in total. The number of rotatable bonds is 0. The Hall–Kier alpha value is -0.560. The minimum atomic E-state index is -1.57. The van der Waals surface area contributed by atoms with Gasteiger partial charge in [0.2, 0.25) is 0 Å². The quantitative estimate of drug-likeness (QED) is 0.476. The lowest BCUT2D eigenvalue weighted by atomic mass is 10.1. The summed E-state index contributed by atoms with van der Waals surface area (Å²) in [5.74, 6) is 0. The Bertz CT molecular complexity index is 160. The van der Waals surface area contributed by atoms with Crippen LogP contribution in [0.15, 0.2) is 24.3 Å². The second-order valence-corrected chi connectivity index (χ2v) is 1.36. The van der Waals surface area contributed by atoms with Crippen LogP contribution in [-0.4, -0.2) is 11.2 Å². The molecule has 1 atom stereocenters. The maximum absolute atomic E-state index is 8.92. The van der Waals surface area contributed by atoms with Crippen molar-refractivity contribution in [1.29, 1.82) is 0 Å². The Morgan fingerprint density at radius 3 is 3.00 bits per heavy atom. The largest absolute Gasteiger partial charge is 0.389 e. The standard InChI is InChI=1S/C6H8O/c7-6-4-2-1-3-5-6/h1-4,6-7H,5H2/i5D2. The molecule has 1 N–H and O–H groups in total. The van der Waals surface area contributed by atoms with Crippen molar-refractivity contribution in [2.24, 2.45) is 0 Å². The van der Waals surface area contributed by atoms with Gasteiger partial charge < -0.3 is 5.11 Å². The van der Waals surface area contributed by atoms with Crippen molar-refractivity contribution in [2.45, 2.75) is 12.5 Å². The van der Waals surface area contributed by atoms with E-state index in [1.54, 1.807) is 12.2 Å². The highest BCUT2D eigenvalue weighted by Crippen LogP contribution is 2.00. The Morgan fingerprint density at radius 2 is 2.57 bits per heavy atom. The Kier molecular flexibility index (Phi) is 0.740. The monoisotopic (exact) mass is 98.1 g/mol. The smallest absolute Gasteiger partial charge is 0.0758 e. The van der Waals surface area contributed by atoms with Gasteiger partial charge in [-0.1, -0.05) is 24.3 Å². The minimum absolute atomic E-state index is 0.984. The second kappa shape index (κ2) is 1.94. The predicted molar refractivity (Wildman–Crippen MR) is 28.9 cm³/mol. The first-order chi connectivity index (χ1) is 4.13. The van der Waals surface area contributed by atoms with Crippen LogP contribution in [0.25, 0.3) is 0 Å². The highest BCUT2D eigenvalue weighted by atomic mass is 16.3. The Morgan fingerprint density at radius 1 is 1.71 bits per heavy atom. The molecule has 0 spiro atoms. The fourth-order valence-electron chi connectivity index (χ4n) is 0.435. The number of hydrogen-bond acceptors (Lipinski definition) is 1. The lowest BCUT2D eigenvalue weighted by Crippen LogP contribution is -2.00. The third kappa shape index (κ3) is 1.16. The summed E-state index contributed by atoms with van der Waals surface area (Å²) in [5, 5.41) is 8.92. The summed E-state index contributed by atoms with van der Waals surface area (Å²) >= 11 is 0. The molecule has 38 valence electrons. The van der Waals surface area contributed by atoms with Crippen LogP contribution in [0.4, 0.5) is 0 Å². The van der Waals surface area contributed by atoms with E-state index in [1.165, 1.54) is 12.2 Å². The molecular formula is C6H8O. The molecule has 0 aromatic carbocycles. The van der Waals surface area contributed by atoms with E-state index in [-0.39, 0.29) is 0 Å². The van der Waals surface area contributed by atoms with Crippen LogP contribution in [0, 0.1) is 0 Å². The lowest BCUT2D eigenvalue weighted by molar-refractivity contribution is 0.225. The molecule has 0 bridgehead atoms. The lowest BCUT2D eigenvalue weighted by Gasteiger charge is -2.01. The summed E-state index contributed by atoms with van der Waals surface area (Å²) in [4.78, 5) is 0. The first-order valence-corrected chi connectivity index (χ1v) is 2.17. The van der Waals surface area contributed by atoms with Gasteiger partial charge >= 0.3 is 0 Å². The van der Waals surface area contributed by atoms with Crippen molar-refractivity contribution in [1.82, 2.24) is 0 Å². The maximum atomic E-state index is 8.92. The van der Waals surface area contributed by atoms with Gasteiger partial charge in [0.25, 0.3) is 0 Å². The van der Waals surface area contributed by atoms with Gasteiger partial charge in [-0.3, -0.25) is 0 Å². The van der Waals surface area contributed by atoms with E-state index in [2.05, 4.69) is 0 Å². The first kappa shape index (κ1) is 2.68. The van der Waals surface area contributed by atoms with Crippen LogP contribution in [0.3, 0.4) is 0 Å². The number of allylic oxidation sites excluding steroid dienone is 2. The fourth-order valence-corrected chi connectivity index (χ4v) is 0.435. The number of aliphatic hydroxyl groups is 1. The Balaban J connectivity index is 2.78. The highest BCUT2D eigenvalue weighted by molar-refractivity contribution is 5.11. The van der Waals surface area contributed by atoms with Crippen molar-refractivity contribution >= 4 is 0 Å². The van der Waals surface area contributed by atoms with Gasteiger partial charge in [-0.05, 0) is 6.37 Å². The molecule has 0 radical (unpaired) electrons. The van der Waals surface area contributed by atoms with Gasteiger partial charge in [0.1, 0.15) is 0 Å². The molecule has 0 saturated carbocycles. The zero-order valence-corrected chi connectivity index (χ0v) is 3.83. The molecule has 1 aliphatic rings. The maximum Gasteiger partial charge on any atom is 0.0758 e. The van der Waals surface area contributed by atoms with Gasteiger partial charge in [-0.2, -0.15) is 0 Å². The van der Waals surface area contributed by atoms with Gasteiger partial charge in [-0.15, -0.1) is 0 Å². The van der Waals surface area contributed by atoms with Crippen molar-refractivity contribution in [2.75, 3.05) is 0 Å². The third-order valence-corrected chi connectivity index (χ3v) is 0.768. The zero-order valence-electron chi connectivity index (χ0n) is 5.83. The molecule has 0 aromatic rings. The van der Waals surface area contributed by atoms with Crippen molar-refractivity contribution in [3.05, 3.63) is 24.3 Å². The molecule has 1 rings (SSSR count). The summed E-state index contributed by atoms with van der Waals surface area (Å²) in [5.41, 5.74) is 0. The summed E-state index contributed by atoms with van der Waals surface area (Å²) in [7, 11) is 0. The molecule has 0 heterocycles. The van der Waals surface area contributed by atoms with Gasteiger partial charge in [0, 0.05) is 2.74 Å². The van der Waals surface area contributed by atoms with Crippen molar-refractivity contribution in [3.8, 4) is 0 Å². The fraction of sp³-hybridized carbons (Fsp3) is 0.333. The normalized spacial score (nSPS) is 39.9. The van der Waals surface area contributed by atoms with E-state index in [0.29, 0.717) is 0 Å². The summed E-state index contributed by atoms with van der Waals surface area (Å²) in [6.45, 7) is 0. The number of aliphatic hydroxyl groups excluding tert-OH is 1. The van der Waals surface area contributed by atoms with E-state index in [4.69, 9.17) is 7.85 Å². The molecule has 0 aromatic heterocycles. The van der Waals surface area contributed by atoms with E-state index >= 15 is 0 Å². The van der Waals surface area contributed by atoms with Gasteiger partial charge in [-0.25, -0.2) is 0 Å². The molecular weight excluding hydrogens is 88.1 g/mol. The van der Waals surface area contributed by atoms with E-state index in [1.807, 2.05) is 0 Å². The molecule has 0 fully saturated rings. The van der Waals surface area contributed by atoms with Crippen LogP contribution < -0.4 is 0 Å². The molecule has 1 unspecified atom stereocenters. The zero-order chi connectivity index (χ0) is 6.91. The van der Waals surface area contributed by atoms with E-state index < -0.39 is 12.5 Å². The molecule has 1 heteroatoms. The Labute approximate surface area is 45.8 Å². The highest BCUT2D eigenvalue weighted by Gasteiger charge is 1.95.